The van der Waals surface area contributed by atoms with Gasteiger partial charge in [-0.15, -0.1) is 0 Å². The molecule has 0 aromatic heterocycles. The van der Waals surface area contributed by atoms with Gasteiger partial charge < -0.3 is 14.4 Å². The van der Waals surface area contributed by atoms with Crippen molar-refractivity contribution >= 4 is 41.5 Å². The second-order valence-corrected chi connectivity index (χ2v) is 13.3. The third-order valence-electron chi connectivity index (χ3n) is 4.47. The number of piperazine rings is 1. The Balaban J connectivity index is 1.95. The van der Waals surface area contributed by atoms with Crippen LogP contribution in [0.1, 0.15) is 25.0 Å². The summed E-state index contributed by atoms with van der Waals surface area (Å²) in [7, 11) is -1.42. The van der Waals surface area contributed by atoms with Gasteiger partial charge in [-0.1, -0.05) is 18.5 Å². The average molecular weight is 450 g/mol. The van der Waals surface area contributed by atoms with Gasteiger partial charge >= 0.3 is 0 Å². The minimum atomic E-state index is -1.42. The molecular weight excluding hydrogens is 420 g/mol. The Morgan fingerprint density at radius 3 is 2.44 bits per heavy atom. The van der Waals surface area contributed by atoms with Gasteiger partial charge in [0.25, 0.3) is 0 Å². The molecule has 1 fully saturated rings. The average Bonchev–Trinajstić information content (AvgIpc) is 2.56. The van der Waals surface area contributed by atoms with Crippen molar-refractivity contribution in [2.75, 3.05) is 44.2 Å². The molecule has 4 nitrogen and oxygen atoms in total. The van der Waals surface area contributed by atoms with Crippen molar-refractivity contribution in [3.63, 3.8) is 0 Å². The molecule has 1 heterocycles. The number of aliphatic hydroxyl groups excluding tert-OH is 1. The minimum Gasteiger partial charge on any atom is -0.416 e. The first-order valence-corrected chi connectivity index (χ1v) is 13.6. The highest BCUT2D eigenvalue weighted by atomic mass is 79.9. The molecule has 1 unspecified atom stereocenters. The van der Waals surface area contributed by atoms with Crippen molar-refractivity contribution < 1.29 is 9.53 Å². The Hall–Kier alpha value is -0.113. The number of nitrogens with zero attached hydrogens (tertiary/aromatic N) is 2. The monoisotopic (exact) mass is 448 g/mol. The van der Waals surface area contributed by atoms with E-state index >= 15 is 0 Å². The van der Waals surface area contributed by atoms with Gasteiger partial charge in [0.15, 0.2) is 8.32 Å². The van der Waals surface area contributed by atoms with Crippen molar-refractivity contribution in [2.45, 2.75) is 39.1 Å². The summed E-state index contributed by atoms with van der Waals surface area (Å²) in [5.41, 5.74) is 1.93. The molecule has 1 saturated heterocycles. The normalized spacial score (nSPS) is 17.8. The summed E-state index contributed by atoms with van der Waals surface area (Å²) < 4.78 is 6.81. The highest BCUT2D eigenvalue weighted by molar-refractivity contribution is 9.10. The van der Waals surface area contributed by atoms with Crippen molar-refractivity contribution in [2.24, 2.45) is 0 Å². The lowest BCUT2D eigenvalue weighted by Gasteiger charge is -2.37. The summed E-state index contributed by atoms with van der Waals surface area (Å²) in [4.78, 5) is 4.83. The molecule has 1 aliphatic rings. The first-order valence-electron chi connectivity index (χ1n) is 8.99. The van der Waals surface area contributed by atoms with Crippen LogP contribution in [0.5, 0.6) is 0 Å². The highest BCUT2D eigenvalue weighted by Crippen LogP contribution is 2.36. The molecule has 1 aromatic rings. The summed E-state index contributed by atoms with van der Waals surface area (Å²) in [6.45, 7) is 14.5. The van der Waals surface area contributed by atoms with Gasteiger partial charge in [0.05, 0.1) is 11.1 Å². The zero-order valence-corrected chi connectivity index (χ0v) is 19.0. The molecule has 1 N–H and O–H groups in total. The van der Waals surface area contributed by atoms with Crippen LogP contribution in [0.15, 0.2) is 16.6 Å². The molecule has 2 rings (SSSR count). The van der Waals surface area contributed by atoms with Gasteiger partial charge in [0.1, 0.15) is 0 Å². The molecule has 0 aliphatic carbocycles. The van der Waals surface area contributed by atoms with Crippen molar-refractivity contribution in [3.8, 4) is 0 Å². The second kappa shape index (κ2) is 9.20. The molecule has 1 atom stereocenters. The van der Waals surface area contributed by atoms with E-state index < -0.39 is 14.4 Å². The lowest BCUT2D eigenvalue weighted by Crippen LogP contribution is -2.47. The lowest BCUT2D eigenvalue weighted by molar-refractivity contribution is 0.173. The lowest BCUT2D eigenvalue weighted by atomic mass is 10.1. The third kappa shape index (κ3) is 6.22. The number of halogens is 2. The molecule has 0 spiro atoms. The number of benzene rings is 1. The predicted octanol–water partition coefficient (Wildman–Crippen LogP) is 4.52. The van der Waals surface area contributed by atoms with Gasteiger partial charge in [0.2, 0.25) is 0 Å². The largest absolute Gasteiger partial charge is 0.416 e. The van der Waals surface area contributed by atoms with Gasteiger partial charge in [-0.25, -0.2) is 0 Å². The number of anilines is 1. The summed E-state index contributed by atoms with van der Waals surface area (Å²) in [6, 6.07) is 4.09. The maximum absolute atomic E-state index is 10.2. The Morgan fingerprint density at radius 1 is 1.24 bits per heavy atom. The predicted molar refractivity (Wildman–Crippen MR) is 112 cm³/mol. The van der Waals surface area contributed by atoms with Crippen LogP contribution in [0.4, 0.5) is 5.69 Å². The molecule has 1 aliphatic heterocycles. The summed E-state index contributed by atoms with van der Waals surface area (Å²) >= 11 is 9.88. The standard InChI is InChI=1S/C18H30BrClN2O2Si/c1-5-17(23)15-12-14(13-16(19)18(15)20)22-8-6-21(7-9-22)10-11-24-25(2,3)4/h12-13,17,23H,5-11H2,1-4H3. The number of hydrogen-bond donors (Lipinski definition) is 1. The maximum atomic E-state index is 10.2. The van der Waals surface area contributed by atoms with Gasteiger partial charge in [-0.3, -0.25) is 4.90 Å². The number of rotatable bonds is 7. The Morgan fingerprint density at radius 2 is 1.88 bits per heavy atom. The van der Waals surface area contributed by atoms with E-state index in [0.29, 0.717) is 11.4 Å². The van der Waals surface area contributed by atoms with E-state index in [2.05, 4.69) is 51.4 Å². The minimum absolute atomic E-state index is 0.524. The zero-order chi connectivity index (χ0) is 18.6. The van der Waals surface area contributed by atoms with Crippen molar-refractivity contribution in [3.05, 3.63) is 27.2 Å². The summed E-state index contributed by atoms with van der Waals surface area (Å²) in [5, 5.41) is 10.8. The quantitative estimate of drug-likeness (QED) is 0.621. The van der Waals surface area contributed by atoms with E-state index in [-0.39, 0.29) is 0 Å². The molecule has 0 amide bonds. The fourth-order valence-corrected chi connectivity index (χ4v) is 4.35. The van der Waals surface area contributed by atoms with E-state index in [1.54, 1.807) is 0 Å². The van der Waals surface area contributed by atoms with Crippen molar-refractivity contribution in [1.82, 2.24) is 4.90 Å². The third-order valence-corrected chi connectivity index (χ3v) is 6.81. The first kappa shape index (κ1) is 21.2. The number of aliphatic hydroxyl groups is 1. The molecule has 7 heteroatoms. The zero-order valence-electron chi connectivity index (χ0n) is 15.7. The van der Waals surface area contributed by atoms with E-state index in [4.69, 9.17) is 16.0 Å². The number of hydrogen-bond acceptors (Lipinski definition) is 4. The van der Waals surface area contributed by atoms with Crippen LogP contribution < -0.4 is 4.90 Å². The van der Waals surface area contributed by atoms with Crippen LogP contribution in [0, 0.1) is 0 Å². The van der Waals surface area contributed by atoms with E-state index in [1.165, 1.54) is 0 Å². The fourth-order valence-electron chi connectivity index (χ4n) is 2.95. The Labute approximate surface area is 166 Å². The van der Waals surface area contributed by atoms with E-state index in [0.717, 1.165) is 55.1 Å². The molecule has 0 saturated carbocycles. The van der Waals surface area contributed by atoms with E-state index in [1.807, 2.05) is 13.0 Å². The van der Waals surface area contributed by atoms with Crippen LogP contribution in [-0.4, -0.2) is 57.7 Å². The molecule has 0 radical (unpaired) electrons. The van der Waals surface area contributed by atoms with Crippen LogP contribution in [0.3, 0.4) is 0 Å². The summed E-state index contributed by atoms with van der Waals surface area (Å²) in [5.74, 6) is 0. The molecule has 1 aromatic carbocycles. The summed E-state index contributed by atoms with van der Waals surface area (Å²) in [6.07, 6.45) is 0.129. The molecule has 142 valence electrons. The van der Waals surface area contributed by atoms with Gasteiger partial charge in [-0.2, -0.15) is 0 Å². The SMILES string of the molecule is CCC(O)c1cc(N2CCN(CCO[Si](C)(C)C)CC2)cc(Br)c1Cl. The van der Waals surface area contributed by atoms with Crippen LogP contribution in [0.25, 0.3) is 0 Å². The smallest absolute Gasteiger partial charge is 0.183 e. The molecule has 25 heavy (non-hydrogen) atoms. The van der Waals surface area contributed by atoms with Crippen LogP contribution in [-0.2, 0) is 4.43 Å². The van der Waals surface area contributed by atoms with Gasteiger partial charge in [-0.05, 0) is 54.1 Å². The first-order chi connectivity index (χ1) is 11.7. The second-order valence-electron chi connectivity index (χ2n) is 7.54. The molecule has 0 bridgehead atoms. The fraction of sp³-hybridized carbons (Fsp3) is 0.667. The van der Waals surface area contributed by atoms with Crippen LogP contribution in [0.2, 0.25) is 24.7 Å². The van der Waals surface area contributed by atoms with Crippen molar-refractivity contribution in [1.29, 1.82) is 0 Å². The van der Waals surface area contributed by atoms with Crippen LogP contribution >= 0.6 is 27.5 Å². The van der Waals surface area contributed by atoms with E-state index in [9.17, 15) is 5.11 Å². The maximum Gasteiger partial charge on any atom is 0.183 e. The Bertz CT molecular complexity index is 575. The van der Waals surface area contributed by atoms with Gasteiger partial charge in [0, 0.05) is 55.1 Å². The molecular formula is C18H30BrClN2O2Si. The topological polar surface area (TPSA) is 35.9 Å². The Kier molecular flexibility index (Phi) is 7.79. The highest BCUT2D eigenvalue weighted by Gasteiger charge is 2.21.